The number of nitriles is 1. The molecule has 0 fully saturated rings. The van der Waals surface area contributed by atoms with Crippen LogP contribution in [-0.2, 0) is 14.8 Å². The zero-order valence-electron chi connectivity index (χ0n) is 12.0. The number of methoxy groups -OCH3 is 1. The quantitative estimate of drug-likeness (QED) is 0.627. The predicted octanol–water partition coefficient (Wildman–Crippen LogP) is 3.06. The van der Waals surface area contributed by atoms with E-state index in [2.05, 4.69) is 10.8 Å². The summed E-state index contributed by atoms with van der Waals surface area (Å²) in [5.41, 5.74) is 0.212. The minimum atomic E-state index is -1.85. The van der Waals surface area contributed by atoms with Gasteiger partial charge in [0.2, 0.25) is 0 Å². The summed E-state index contributed by atoms with van der Waals surface area (Å²) in [6.07, 6.45) is 0. The summed E-state index contributed by atoms with van der Waals surface area (Å²) in [4.78, 5) is 11.4. The number of hydrogen-bond donors (Lipinski definition) is 0. The largest absolute Gasteiger partial charge is 0.465 e. The minimum absolute atomic E-state index is 0.392. The van der Waals surface area contributed by atoms with Crippen molar-refractivity contribution in [1.82, 2.24) is 0 Å². The topological polar surface area (TPSA) is 59.3 Å². The summed E-state index contributed by atoms with van der Waals surface area (Å²) in [6.45, 7) is 7.85. The summed E-state index contributed by atoms with van der Waals surface area (Å²) < 4.78 is 10.6. The SMILES string of the molecule is COC(=O)c1ccc([C@@](C)(C#N)O[Si](C)(C)C)cc1. The molecule has 0 bridgehead atoms. The van der Waals surface area contributed by atoms with Crippen LogP contribution >= 0.6 is 0 Å². The second kappa shape index (κ2) is 5.55. The molecule has 5 heteroatoms. The average molecular weight is 277 g/mol. The van der Waals surface area contributed by atoms with Crippen LogP contribution in [0.3, 0.4) is 0 Å². The van der Waals surface area contributed by atoms with E-state index in [1.54, 1.807) is 31.2 Å². The summed E-state index contributed by atoms with van der Waals surface area (Å²) in [5.74, 6) is -0.392. The lowest BCUT2D eigenvalue weighted by atomic mass is 9.97. The van der Waals surface area contributed by atoms with E-state index in [0.29, 0.717) is 5.56 Å². The third-order valence-corrected chi connectivity index (χ3v) is 3.60. The highest BCUT2D eigenvalue weighted by molar-refractivity contribution is 6.69. The molecule has 1 atom stereocenters. The molecule has 0 saturated heterocycles. The Morgan fingerprint density at radius 2 is 1.79 bits per heavy atom. The van der Waals surface area contributed by atoms with Crippen LogP contribution in [0.4, 0.5) is 0 Å². The van der Waals surface area contributed by atoms with Crippen LogP contribution in [0.15, 0.2) is 24.3 Å². The number of benzene rings is 1. The monoisotopic (exact) mass is 277 g/mol. The van der Waals surface area contributed by atoms with Gasteiger partial charge in [-0.05, 0) is 44.3 Å². The van der Waals surface area contributed by atoms with Crippen molar-refractivity contribution in [2.75, 3.05) is 7.11 Å². The normalized spacial score (nSPS) is 14.3. The first kappa shape index (κ1) is 15.4. The van der Waals surface area contributed by atoms with Crippen LogP contribution in [0.2, 0.25) is 19.6 Å². The second-order valence-corrected chi connectivity index (χ2v) is 9.86. The Balaban J connectivity index is 3.07. The van der Waals surface area contributed by atoms with Gasteiger partial charge in [-0.1, -0.05) is 12.1 Å². The summed E-state index contributed by atoms with van der Waals surface area (Å²) in [6, 6.07) is 8.96. The number of carbonyl (C=O) groups excluding carboxylic acids is 1. The highest BCUT2D eigenvalue weighted by Crippen LogP contribution is 2.28. The molecule has 1 aromatic rings. The molecule has 0 spiro atoms. The van der Waals surface area contributed by atoms with Crippen molar-refractivity contribution < 1.29 is 14.0 Å². The van der Waals surface area contributed by atoms with Crippen LogP contribution in [0.25, 0.3) is 0 Å². The second-order valence-electron chi connectivity index (χ2n) is 5.43. The number of ether oxygens (including phenoxy) is 1. The van der Waals surface area contributed by atoms with E-state index in [1.165, 1.54) is 7.11 Å². The fraction of sp³-hybridized carbons (Fsp3) is 0.429. The maximum atomic E-state index is 11.4. The molecule has 0 aromatic heterocycles. The van der Waals surface area contributed by atoms with Gasteiger partial charge >= 0.3 is 5.97 Å². The van der Waals surface area contributed by atoms with E-state index in [4.69, 9.17) is 4.43 Å². The summed E-state index contributed by atoms with van der Waals surface area (Å²) in [5, 5.41) is 9.38. The van der Waals surface area contributed by atoms with E-state index in [-0.39, 0.29) is 0 Å². The van der Waals surface area contributed by atoms with E-state index >= 15 is 0 Å². The van der Waals surface area contributed by atoms with Gasteiger partial charge in [-0.15, -0.1) is 0 Å². The highest BCUT2D eigenvalue weighted by atomic mass is 28.4. The van der Waals surface area contributed by atoms with E-state index < -0.39 is 19.9 Å². The van der Waals surface area contributed by atoms with Crippen molar-refractivity contribution in [1.29, 1.82) is 5.26 Å². The number of esters is 1. The van der Waals surface area contributed by atoms with Gasteiger partial charge in [0.15, 0.2) is 13.9 Å². The molecule has 0 N–H and O–H groups in total. The molecule has 0 unspecified atom stereocenters. The molecule has 0 radical (unpaired) electrons. The first-order valence-electron chi connectivity index (χ1n) is 6.02. The predicted molar refractivity (Wildman–Crippen MR) is 75.2 cm³/mol. The Morgan fingerprint density at radius 1 is 1.26 bits per heavy atom. The fourth-order valence-electron chi connectivity index (χ4n) is 1.80. The highest BCUT2D eigenvalue weighted by Gasteiger charge is 2.33. The van der Waals surface area contributed by atoms with E-state index in [0.717, 1.165) is 5.56 Å². The smallest absolute Gasteiger partial charge is 0.337 e. The molecule has 4 nitrogen and oxygen atoms in total. The van der Waals surface area contributed by atoms with Gasteiger partial charge in [-0.3, -0.25) is 0 Å². The Hall–Kier alpha value is -1.64. The van der Waals surface area contributed by atoms with Crippen molar-refractivity contribution in [2.24, 2.45) is 0 Å². The van der Waals surface area contributed by atoms with Crippen molar-refractivity contribution in [3.05, 3.63) is 35.4 Å². The Kier molecular flexibility index (Phi) is 4.50. The molecule has 0 aliphatic carbocycles. The van der Waals surface area contributed by atoms with Crippen molar-refractivity contribution in [2.45, 2.75) is 32.2 Å². The third kappa shape index (κ3) is 3.91. The number of rotatable bonds is 4. The zero-order chi connectivity index (χ0) is 14.7. The molecule has 19 heavy (non-hydrogen) atoms. The lowest BCUT2D eigenvalue weighted by molar-refractivity contribution is 0.0600. The molecule has 0 aliphatic heterocycles. The molecule has 1 aromatic carbocycles. The molecule has 0 heterocycles. The first-order valence-corrected chi connectivity index (χ1v) is 9.43. The van der Waals surface area contributed by atoms with Crippen LogP contribution < -0.4 is 0 Å². The lowest BCUT2D eigenvalue weighted by Crippen LogP contribution is -2.37. The molecule has 0 saturated carbocycles. The van der Waals surface area contributed by atoms with Gasteiger partial charge in [-0.2, -0.15) is 5.26 Å². The maximum absolute atomic E-state index is 11.4. The van der Waals surface area contributed by atoms with Crippen molar-refractivity contribution >= 4 is 14.3 Å². The van der Waals surface area contributed by atoms with Gasteiger partial charge in [0.1, 0.15) is 6.07 Å². The van der Waals surface area contributed by atoms with Crippen LogP contribution in [0, 0.1) is 11.3 Å². The minimum Gasteiger partial charge on any atom is -0.465 e. The van der Waals surface area contributed by atoms with Gasteiger partial charge in [-0.25, -0.2) is 4.79 Å². The van der Waals surface area contributed by atoms with Gasteiger partial charge in [0, 0.05) is 0 Å². The molecule has 102 valence electrons. The molecular weight excluding hydrogens is 258 g/mol. The van der Waals surface area contributed by atoms with Gasteiger partial charge in [0.25, 0.3) is 0 Å². The van der Waals surface area contributed by atoms with Crippen molar-refractivity contribution in [3.8, 4) is 6.07 Å². The number of carbonyl (C=O) groups is 1. The Labute approximate surface area is 115 Å². The summed E-state index contributed by atoms with van der Waals surface area (Å²) >= 11 is 0. The Morgan fingerprint density at radius 3 is 2.16 bits per heavy atom. The lowest BCUT2D eigenvalue weighted by Gasteiger charge is -2.30. The van der Waals surface area contributed by atoms with Crippen LogP contribution in [-0.4, -0.2) is 21.4 Å². The zero-order valence-corrected chi connectivity index (χ0v) is 13.0. The third-order valence-electron chi connectivity index (χ3n) is 2.58. The standard InChI is InChI=1S/C14H19NO3Si/c1-14(10-15,18-19(3,4)5)12-8-6-11(7-9-12)13(16)17-2/h6-9H,1-5H3/t14-/m1/s1. The average Bonchev–Trinajstić information content (AvgIpc) is 2.36. The van der Waals surface area contributed by atoms with Crippen LogP contribution in [0.1, 0.15) is 22.8 Å². The van der Waals surface area contributed by atoms with Gasteiger partial charge in [0.05, 0.1) is 12.7 Å². The molecule has 1 rings (SSSR count). The van der Waals surface area contributed by atoms with Crippen LogP contribution in [0.5, 0.6) is 0 Å². The van der Waals surface area contributed by atoms with Gasteiger partial charge < -0.3 is 9.16 Å². The number of hydrogen-bond acceptors (Lipinski definition) is 4. The van der Waals surface area contributed by atoms with E-state index in [9.17, 15) is 10.1 Å². The number of nitrogens with zero attached hydrogens (tertiary/aromatic N) is 1. The first-order chi connectivity index (χ1) is 8.72. The molecular formula is C14H19NO3Si. The molecule has 0 amide bonds. The fourth-order valence-corrected chi connectivity index (χ4v) is 3.19. The van der Waals surface area contributed by atoms with Crippen molar-refractivity contribution in [3.63, 3.8) is 0 Å². The summed E-state index contributed by atoms with van der Waals surface area (Å²) in [7, 11) is -0.516. The molecule has 0 aliphatic rings. The van der Waals surface area contributed by atoms with E-state index in [1.807, 2.05) is 19.6 Å². The maximum Gasteiger partial charge on any atom is 0.337 e. The Bertz CT molecular complexity index is 499.